The summed E-state index contributed by atoms with van der Waals surface area (Å²) in [6, 6.07) is 23.1. The van der Waals surface area contributed by atoms with Gasteiger partial charge in [0.2, 0.25) is 0 Å². The highest BCUT2D eigenvalue weighted by molar-refractivity contribution is 7.99. The Morgan fingerprint density at radius 1 is 0.966 bits per heavy atom. The topological polar surface area (TPSA) is 49.4 Å². The molecule has 0 bridgehead atoms. The van der Waals surface area contributed by atoms with Crippen LogP contribution in [0, 0.1) is 0 Å². The number of benzene rings is 3. The molecule has 1 aliphatic rings. The zero-order chi connectivity index (χ0) is 20.4. The smallest absolute Gasteiger partial charge is 0.256 e. The third-order valence-corrected chi connectivity index (χ3v) is 6.06. The van der Waals surface area contributed by atoms with Crippen molar-refractivity contribution in [2.75, 3.05) is 5.32 Å². The van der Waals surface area contributed by atoms with Crippen molar-refractivity contribution in [3.8, 4) is 0 Å². The van der Waals surface area contributed by atoms with E-state index in [9.17, 15) is 9.59 Å². The zero-order valence-electron chi connectivity index (χ0n) is 16.4. The lowest BCUT2D eigenvalue weighted by atomic mass is 10.1. The van der Waals surface area contributed by atoms with Gasteiger partial charge in [-0.25, -0.2) is 0 Å². The maximum Gasteiger partial charge on any atom is 0.256 e. The molecule has 1 heterocycles. The van der Waals surface area contributed by atoms with Gasteiger partial charge in [-0.15, -0.1) is 0 Å². The Balaban J connectivity index is 1.63. The van der Waals surface area contributed by atoms with Crippen molar-refractivity contribution in [3.63, 3.8) is 0 Å². The SMILES string of the molecule is CC(C)N(Cc1ccccc1)C(=O)c1ccc2c(c1)NC(=O)c1ccccc1S2. The summed E-state index contributed by atoms with van der Waals surface area (Å²) in [5.74, 6) is -0.200. The van der Waals surface area contributed by atoms with Crippen molar-refractivity contribution < 1.29 is 9.59 Å². The monoisotopic (exact) mass is 402 g/mol. The van der Waals surface area contributed by atoms with Crippen molar-refractivity contribution >= 4 is 29.3 Å². The Morgan fingerprint density at radius 3 is 2.45 bits per heavy atom. The van der Waals surface area contributed by atoms with E-state index >= 15 is 0 Å². The maximum atomic E-state index is 13.3. The van der Waals surface area contributed by atoms with Crippen molar-refractivity contribution in [1.82, 2.24) is 4.90 Å². The van der Waals surface area contributed by atoms with Gasteiger partial charge in [-0.2, -0.15) is 0 Å². The first kappa shape index (κ1) is 19.3. The Hall–Kier alpha value is -3.05. The normalized spacial score (nSPS) is 12.6. The Kier molecular flexibility index (Phi) is 5.41. The second-order valence-electron chi connectivity index (χ2n) is 7.28. The zero-order valence-corrected chi connectivity index (χ0v) is 17.2. The van der Waals surface area contributed by atoms with Crippen LogP contribution >= 0.6 is 11.8 Å². The molecule has 3 aromatic rings. The minimum absolute atomic E-state index is 0.0485. The quantitative estimate of drug-likeness (QED) is 0.631. The molecule has 2 amide bonds. The summed E-state index contributed by atoms with van der Waals surface area (Å²) < 4.78 is 0. The summed E-state index contributed by atoms with van der Waals surface area (Å²) in [4.78, 5) is 29.6. The van der Waals surface area contributed by atoms with E-state index in [4.69, 9.17) is 0 Å². The van der Waals surface area contributed by atoms with Gasteiger partial charge in [0, 0.05) is 27.9 Å². The fourth-order valence-electron chi connectivity index (χ4n) is 3.34. The number of carbonyl (C=O) groups excluding carboxylic acids is 2. The van der Waals surface area contributed by atoms with Gasteiger partial charge in [-0.1, -0.05) is 54.2 Å². The molecule has 4 rings (SSSR count). The lowest BCUT2D eigenvalue weighted by Gasteiger charge is -2.27. The molecule has 1 N–H and O–H groups in total. The molecular formula is C24H22N2O2S. The molecule has 5 heteroatoms. The second kappa shape index (κ2) is 8.13. The third kappa shape index (κ3) is 4.05. The Bertz CT molecular complexity index is 1060. The first-order valence-corrected chi connectivity index (χ1v) is 10.4. The van der Waals surface area contributed by atoms with Crippen LogP contribution in [0.2, 0.25) is 0 Å². The molecular weight excluding hydrogens is 380 g/mol. The molecule has 0 aliphatic carbocycles. The molecule has 0 fully saturated rings. The Labute approximate surface area is 174 Å². The molecule has 0 atom stereocenters. The molecule has 29 heavy (non-hydrogen) atoms. The molecule has 3 aromatic carbocycles. The average Bonchev–Trinajstić information content (AvgIpc) is 2.87. The fourth-order valence-corrected chi connectivity index (χ4v) is 4.35. The first-order valence-electron chi connectivity index (χ1n) is 9.60. The lowest BCUT2D eigenvalue weighted by molar-refractivity contribution is 0.0690. The molecule has 0 saturated carbocycles. The van der Waals surface area contributed by atoms with Gasteiger partial charge in [0.15, 0.2) is 0 Å². The highest BCUT2D eigenvalue weighted by atomic mass is 32.2. The number of nitrogens with one attached hydrogen (secondary N) is 1. The van der Waals surface area contributed by atoms with Crippen molar-refractivity contribution in [3.05, 3.63) is 89.5 Å². The Morgan fingerprint density at radius 2 is 1.69 bits per heavy atom. The maximum absolute atomic E-state index is 13.3. The van der Waals surface area contributed by atoms with E-state index in [-0.39, 0.29) is 17.9 Å². The van der Waals surface area contributed by atoms with Crippen molar-refractivity contribution in [2.24, 2.45) is 0 Å². The third-order valence-electron chi connectivity index (χ3n) is 4.91. The highest BCUT2D eigenvalue weighted by Crippen LogP contribution is 2.39. The number of fused-ring (bicyclic) bond motifs is 2. The molecule has 0 spiro atoms. The van der Waals surface area contributed by atoms with Crippen LogP contribution in [0.5, 0.6) is 0 Å². The lowest BCUT2D eigenvalue weighted by Crippen LogP contribution is -2.36. The molecule has 0 unspecified atom stereocenters. The van der Waals surface area contributed by atoms with Gasteiger partial charge in [0.05, 0.1) is 11.3 Å². The van der Waals surface area contributed by atoms with Crippen LogP contribution < -0.4 is 5.32 Å². The number of anilines is 1. The highest BCUT2D eigenvalue weighted by Gasteiger charge is 2.23. The van der Waals surface area contributed by atoms with Crippen molar-refractivity contribution in [1.29, 1.82) is 0 Å². The minimum atomic E-state index is -0.151. The predicted octanol–water partition coefficient (Wildman–Crippen LogP) is 5.45. The van der Waals surface area contributed by atoms with E-state index in [0.29, 0.717) is 23.4 Å². The number of nitrogens with zero attached hydrogens (tertiary/aromatic N) is 1. The first-order chi connectivity index (χ1) is 14.0. The summed E-state index contributed by atoms with van der Waals surface area (Å²) >= 11 is 1.54. The number of carbonyl (C=O) groups is 2. The summed E-state index contributed by atoms with van der Waals surface area (Å²) in [6.07, 6.45) is 0. The largest absolute Gasteiger partial charge is 0.332 e. The number of amides is 2. The summed E-state index contributed by atoms with van der Waals surface area (Å²) in [6.45, 7) is 4.57. The molecule has 146 valence electrons. The van der Waals surface area contributed by atoms with Gasteiger partial charge in [0.1, 0.15) is 0 Å². The van der Waals surface area contributed by atoms with Crippen LogP contribution in [0.4, 0.5) is 5.69 Å². The predicted molar refractivity (Wildman–Crippen MR) is 116 cm³/mol. The van der Waals surface area contributed by atoms with Crippen LogP contribution in [-0.4, -0.2) is 22.8 Å². The van der Waals surface area contributed by atoms with Gasteiger partial charge in [-0.05, 0) is 49.7 Å². The van der Waals surface area contributed by atoms with E-state index in [1.807, 2.05) is 85.5 Å². The van der Waals surface area contributed by atoms with Gasteiger partial charge in [-0.3, -0.25) is 9.59 Å². The van der Waals surface area contributed by atoms with Crippen LogP contribution in [0.15, 0.2) is 82.6 Å². The molecule has 1 aliphatic heterocycles. The van der Waals surface area contributed by atoms with Crippen LogP contribution in [0.1, 0.15) is 40.1 Å². The summed E-state index contributed by atoms with van der Waals surface area (Å²) in [5.41, 5.74) is 2.98. The van der Waals surface area contributed by atoms with Gasteiger partial charge >= 0.3 is 0 Å². The minimum Gasteiger partial charge on any atom is -0.332 e. The molecule has 4 nitrogen and oxygen atoms in total. The summed E-state index contributed by atoms with van der Waals surface area (Å²) in [7, 11) is 0. The standard InChI is InChI=1S/C24H22N2O2S/c1-16(2)26(15-17-8-4-3-5-9-17)24(28)18-12-13-22-20(14-18)25-23(27)19-10-6-7-11-21(19)29-22/h3-14,16H,15H2,1-2H3,(H,25,27). The molecule has 0 aromatic heterocycles. The van der Waals surface area contributed by atoms with E-state index < -0.39 is 0 Å². The number of hydrogen-bond acceptors (Lipinski definition) is 3. The van der Waals surface area contributed by atoms with E-state index in [2.05, 4.69) is 5.32 Å². The van der Waals surface area contributed by atoms with E-state index in [0.717, 1.165) is 15.4 Å². The van der Waals surface area contributed by atoms with E-state index in [1.165, 1.54) is 11.8 Å². The van der Waals surface area contributed by atoms with Gasteiger partial charge < -0.3 is 10.2 Å². The number of rotatable bonds is 4. The van der Waals surface area contributed by atoms with Crippen LogP contribution in [-0.2, 0) is 6.54 Å². The second-order valence-corrected chi connectivity index (χ2v) is 8.36. The summed E-state index contributed by atoms with van der Waals surface area (Å²) in [5, 5.41) is 2.96. The van der Waals surface area contributed by atoms with Crippen LogP contribution in [0.3, 0.4) is 0 Å². The van der Waals surface area contributed by atoms with E-state index in [1.54, 1.807) is 6.07 Å². The van der Waals surface area contributed by atoms with Crippen LogP contribution in [0.25, 0.3) is 0 Å². The average molecular weight is 403 g/mol. The molecule has 0 saturated heterocycles. The number of hydrogen-bond donors (Lipinski definition) is 1. The molecule has 0 radical (unpaired) electrons. The van der Waals surface area contributed by atoms with Crippen molar-refractivity contribution in [2.45, 2.75) is 36.2 Å². The van der Waals surface area contributed by atoms with Gasteiger partial charge in [0.25, 0.3) is 11.8 Å². The fraction of sp³-hybridized carbons (Fsp3) is 0.167.